The van der Waals surface area contributed by atoms with E-state index >= 15 is 0 Å². The first kappa shape index (κ1) is 15.0. The van der Waals surface area contributed by atoms with E-state index in [9.17, 15) is 9.59 Å². The normalized spacial score (nSPS) is 10.5. The van der Waals surface area contributed by atoms with E-state index < -0.39 is 5.97 Å². The summed E-state index contributed by atoms with van der Waals surface area (Å²) in [6, 6.07) is 8.90. The number of rotatable bonds is 4. The molecule has 0 fully saturated rings. The van der Waals surface area contributed by atoms with E-state index in [0.29, 0.717) is 11.0 Å². The molecule has 2 rings (SSSR count). The van der Waals surface area contributed by atoms with Gasteiger partial charge in [-0.3, -0.25) is 9.59 Å². The number of pyridine rings is 1. The topological polar surface area (TPSA) is 59.3 Å². The lowest BCUT2D eigenvalue weighted by Gasteiger charge is -2.08. The fraction of sp³-hybridized carbons (Fsp3) is 0.143. The number of hydrogen-bond donors (Lipinski definition) is 1. The lowest BCUT2D eigenvalue weighted by Crippen LogP contribution is -2.20. The van der Waals surface area contributed by atoms with E-state index in [1.807, 2.05) is 12.1 Å². The van der Waals surface area contributed by atoms with Crippen molar-refractivity contribution in [3.05, 3.63) is 67.0 Å². The molecular weight excluding hydrogens is 390 g/mol. The highest BCUT2D eigenvalue weighted by Gasteiger charge is 2.05. The number of carboxylic acid groups (broad SMARTS) is 1. The molecule has 1 aromatic carbocycles. The summed E-state index contributed by atoms with van der Waals surface area (Å²) < 4.78 is 2.89. The quantitative estimate of drug-likeness (QED) is 0.857. The molecule has 6 heteroatoms. The van der Waals surface area contributed by atoms with Crippen molar-refractivity contribution in [3.63, 3.8) is 0 Å². The molecule has 104 valence electrons. The molecule has 0 radical (unpaired) electrons. The Balaban J connectivity index is 2.22. The number of carboxylic acids is 1. The van der Waals surface area contributed by atoms with Crippen LogP contribution in [0.5, 0.6) is 0 Å². The Morgan fingerprint density at radius 1 is 1.15 bits per heavy atom. The Hall–Kier alpha value is -1.40. The van der Waals surface area contributed by atoms with Crippen LogP contribution in [0.2, 0.25) is 0 Å². The first-order chi connectivity index (χ1) is 9.45. The second-order valence-corrected chi connectivity index (χ2v) is 6.10. The van der Waals surface area contributed by atoms with Gasteiger partial charge in [-0.05, 0) is 49.1 Å². The van der Waals surface area contributed by atoms with E-state index in [1.165, 1.54) is 0 Å². The maximum Gasteiger partial charge on any atom is 0.307 e. The van der Waals surface area contributed by atoms with Crippen LogP contribution in [0.1, 0.15) is 11.1 Å². The fourth-order valence-electron chi connectivity index (χ4n) is 1.82. The van der Waals surface area contributed by atoms with Gasteiger partial charge < -0.3 is 9.67 Å². The summed E-state index contributed by atoms with van der Waals surface area (Å²) in [5.41, 5.74) is 1.57. The molecule has 0 aliphatic carbocycles. The minimum atomic E-state index is -0.857. The first-order valence-electron chi connectivity index (χ1n) is 5.81. The van der Waals surface area contributed by atoms with Gasteiger partial charge in [0.25, 0.3) is 5.56 Å². The monoisotopic (exact) mass is 399 g/mol. The highest BCUT2D eigenvalue weighted by atomic mass is 79.9. The molecule has 0 saturated heterocycles. The highest BCUT2D eigenvalue weighted by Crippen LogP contribution is 2.14. The summed E-state index contributed by atoms with van der Waals surface area (Å²) in [7, 11) is 0. The van der Waals surface area contributed by atoms with Crippen LogP contribution in [0, 0.1) is 0 Å². The largest absolute Gasteiger partial charge is 0.481 e. The number of carbonyl (C=O) groups is 1. The Kier molecular flexibility index (Phi) is 4.77. The van der Waals surface area contributed by atoms with Crippen molar-refractivity contribution in [1.29, 1.82) is 0 Å². The minimum absolute atomic E-state index is 0.00264. The van der Waals surface area contributed by atoms with E-state index in [2.05, 4.69) is 31.9 Å². The smallest absolute Gasteiger partial charge is 0.307 e. The second-order valence-electron chi connectivity index (χ2n) is 4.33. The number of hydrogen-bond acceptors (Lipinski definition) is 2. The molecule has 2 aromatic rings. The lowest BCUT2D eigenvalue weighted by atomic mass is 10.1. The van der Waals surface area contributed by atoms with Gasteiger partial charge in [-0.25, -0.2) is 0 Å². The fourth-order valence-corrected chi connectivity index (χ4v) is 3.07. The van der Waals surface area contributed by atoms with Gasteiger partial charge in [0, 0.05) is 10.7 Å². The van der Waals surface area contributed by atoms with Gasteiger partial charge in [-0.2, -0.15) is 0 Å². The summed E-state index contributed by atoms with van der Waals surface area (Å²) in [6.45, 7) is 0.435. The van der Waals surface area contributed by atoms with E-state index in [1.54, 1.807) is 29.0 Å². The molecule has 1 N–H and O–H groups in total. The van der Waals surface area contributed by atoms with Gasteiger partial charge in [0.1, 0.15) is 0 Å². The zero-order chi connectivity index (χ0) is 14.7. The van der Waals surface area contributed by atoms with Crippen LogP contribution in [-0.2, 0) is 17.8 Å². The minimum Gasteiger partial charge on any atom is -0.481 e. The molecular formula is C14H11Br2NO3. The van der Waals surface area contributed by atoms with Crippen molar-refractivity contribution in [2.24, 2.45) is 0 Å². The van der Waals surface area contributed by atoms with Crippen LogP contribution in [0.3, 0.4) is 0 Å². The van der Waals surface area contributed by atoms with Crippen molar-refractivity contribution in [3.8, 4) is 0 Å². The van der Waals surface area contributed by atoms with Crippen LogP contribution < -0.4 is 5.56 Å². The van der Waals surface area contributed by atoms with Crippen molar-refractivity contribution in [2.45, 2.75) is 13.0 Å². The molecule has 0 aliphatic rings. The molecule has 1 heterocycles. The van der Waals surface area contributed by atoms with Crippen LogP contribution >= 0.6 is 31.9 Å². The number of halogens is 2. The molecule has 0 atom stereocenters. The third-order valence-corrected chi connectivity index (χ3v) is 3.74. The summed E-state index contributed by atoms with van der Waals surface area (Å²) >= 11 is 6.56. The average molecular weight is 401 g/mol. The predicted molar refractivity (Wildman–Crippen MR) is 83.0 cm³/mol. The second kappa shape index (κ2) is 6.37. The SMILES string of the molecule is O=C(O)Cc1ccc(Cn2cc(Br)cc(Br)c2=O)cc1. The lowest BCUT2D eigenvalue weighted by molar-refractivity contribution is -0.136. The van der Waals surface area contributed by atoms with Gasteiger partial charge in [-0.1, -0.05) is 24.3 Å². The maximum absolute atomic E-state index is 12.0. The van der Waals surface area contributed by atoms with Crippen molar-refractivity contribution >= 4 is 37.8 Å². The van der Waals surface area contributed by atoms with E-state index in [4.69, 9.17) is 5.11 Å². The Bertz CT molecular complexity index is 693. The molecule has 20 heavy (non-hydrogen) atoms. The van der Waals surface area contributed by atoms with Crippen molar-refractivity contribution < 1.29 is 9.90 Å². The Morgan fingerprint density at radius 3 is 2.35 bits per heavy atom. The molecule has 0 aliphatic heterocycles. The summed E-state index contributed by atoms with van der Waals surface area (Å²) in [5, 5.41) is 8.71. The van der Waals surface area contributed by atoms with Crippen molar-refractivity contribution in [2.75, 3.05) is 0 Å². The maximum atomic E-state index is 12.0. The third kappa shape index (κ3) is 3.80. The van der Waals surface area contributed by atoms with Crippen LogP contribution in [-0.4, -0.2) is 15.6 Å². The standard InChI is InChI=1S/C14H11Br2NO3/c15-11-6-12(16)14(20)17(8-11)7-10-3-1-9(2-4-10)5-13(18)19/h1-4,6,8H,5,7H2,(H,18,19). The number of aromatic nitrogens is 1. The van der Waals surface area contributed by atoms with Gasteiger partial charge in [0.2, 0.25) is 0 Å². The summed E-state index contributed by atoms with van der Waals surface area (Å²) in [5.74, 6) is -0.857. The van der Waals surface area contributed by atoms with E-state index in [-0.39, 0.29) is 12.0 Å². The predicted octanol–water partition coefficient (Wildman–Crippen LogP) is 3.05. The van der Waals surface area contributed by atoms with Crippen molar-refractivity contribution in [1.82, 2.24) is 4.57 Å². The molecule has 1 aromatic heterocycles. The van der Waals surface area contributed by atoms with Gasteiger partial charge >= 0.3 is 5.97 Å². The molecule has 0 unspecified atom stereocenters. The molecule has 0 bridgehead atoms. The average Bonchev–Trinajstić information content (AvgIpc) is 2.37. The number of nitrogens with zero attached hydrogens (tertiary/aromatic N) is 1. The zero-order valence-corrected chi connectivity index (χ0v) is 13.5. The van der Waals surface area contributed by atoms with E-state index in [0.717, 1.165) is 15.6 Å². The summed E-state index contributed by atoms with van der Waals surface area (Å²) in [6.07, 6.45) is 1.72. The highest BCUT2D eigenvalue weighted by molar-refractivity contribution is 9.11. The number of benzene rings is 1. The molecule has 0 amide bonds. The van der Waals surface area contributed by atoms with Crippen LogP contribution in [0.15, 0.2) is 50.3 Å². The zero-order valence-electron chi connectivity index (χ0n) is 10.3. The molecule has 4 nitrogen and oxygen atoms in total. The first-order valence-corrected chi connectivity index (χ1v) is 7.39. The summed E-state index contributed by atoms with van der Waals surface area (Å²) in [4.78, 5) is 22.6. The van der Waals surface area contributed by atoms with Crippen LogP contribution in [0.4, 0.5) is 0 Å². The van der Waals surface area contributed by atoms with Gasteiger partial charge in [0.05, 0.1) is 17.4 Å². The van der Waals surface area contributed by atoms with Gasteiger partial charge in [0.15, 0.2) is 0 Å². The molecule has 0 spiro atoms. The Labute approximate surface area is 132 Å². The van der Waals surface area contributed by atoms with Gasteiger partial charge in [-0.15, -0.1) is 0 Å². The number of aliphatic carboxylic acids is 1. The molecule has 0 saturated carbocycles. The third-order valence-electron chi connectivity index (χ3n) is 2.74. The van der Waals surface area contributed by atoms with Crippen LogP contribution in [0.25, 0.3) is 0 Å². The Morgan fingerprint density at radius 2 is 1.75 bits per heavy atom.